The number of carboxylic acids is 2. The molecule has 3 fully saturated rings. The minimum Gasteiger partial charge on any atom is -0.477 e. The fraction of sp³-hybridized carbons (Fsp3) is 0.394. The second kappa shape index (κ2) is 12.7. The number of carbonyl (C=O) groups is 2. The van der Waals surface area contributed by atoms with Crippen molar-refractivity contribution in [3.8, 4) is 0 Å². The summed E-state index contributed by atoms with van der Waals surface area (Å²) >= 11 is 0. The molecule has 272 valence electrons. The van der Waals surface area contributed by atoms with Gasteiger partial charge in [-0.2, -0.15) is 0 Å². The van der Waals surface area contributed by atoms with Gasteiger partial charge in [-0.3, -0.25) is 9.59 Å². The molecule has 1 aliphatic heterocycles. The van der Waals surface area contributed by atoms with Crippen molar-refractivity contribution in [1.82, 2.24) is 14.0 Å². The highest BCUT2D eigenvalue weighted by Crippen LogP contribution is 2.42. The largest absolute Gasteiger partial charge is 0.477 e. The van der Waals surface area contributed by atoms with Crippen molar-refractivity contribution in [2.24, 2.45) is 0 Å². The van der Waals surface area contributed by atoms with Gasteiger partial charge in [0.25, 0.3) is 0 Å². The molecule has 0 spiro atoms. The molecule has 3 aliphatic rings. The predicted molar refractivity (Wildman–Crippen MR) is 167 cm³/mol. The fourth-order valence-electron chi connectivity index (χ4n) is 6.58. The van der Waals surface area contributed by atoms with Gasteiger partial charge in [-0.05, 0) is 46.2 Å². The number of aromatic carboxylic acids is 2. The van der Waals surface area contributed by atoms with Crippen molar-refractivity contribution in [1.29, 1.82) is 0 Å². The number of anilines is 1. The molecule has 2 aliphatic carbocycles. The summed E-state index contributed by atoms with van der Waals surface area (Å²) in [5.41, 5.74) is -7.26. The van der Waals surface area contributed by atoms with Crippen LogP contribution in [0.2, 0.25) is 0 Å². The predicted octanol–water partition coefficient (Wildman–Crippen LogP) is 4.55. The monoisotopic (exact) mass is 726 g/mol. The summed E-state index contributed by atoms with van der Waals surface area (Å²) in [7, 11) is 3.51. The highest BCUT2D eigenvalue weighted by Gasteiger charge is 2.41. The van der Waals surface area contributed by atoms with E-state index >= 15 is 8.78 Å². The average molecular weight is 727 g/mol. The second-order valence-corrected chi connectivity index (χ2v) is 13.3. The van der Waals surface area contributed by atoms with Crippen molar-refractivity contribution in [3.63, 3.8) is 0 Å². The van der Waals surface area contributed by atoms with Crippen LogP contribution in [0.3, 0.4) is 0 Å². The molecule has 2 aromatic heterocycles. The molecule has 0 radical (unpaired) electrons. The molecule has 1 unspecified atom stereocenters. The van der Waals surface area contributed by atoms with Gasteiger partial charge in [0.1, 0.15) is 16.8 Å². The van der Waals surface area contributed by atoms with Crippen molar-refractivity contribution >= 4 is 39.4 Å². The third-order valence-electron chi connectivity index (χ3n) is 9.11. The number of likely N-dealkylation sites (N-methyl/N-ethyl adjacent to an activating group) is 1. The molecule has 0 amide bonds. The van der Waals surface area contributed by atoms with Gasteiger partial charge in [-0.1, -0.05) is 0 Å². The van der Waals surface area contributed by atoms with Gasteiger partial charge in [0.05, 0.1) is 27.4 Å². The number of hydrogen-bond acceptors (Lipinski definition) is 7. The van der Waals surface area contributed by atoms with Crippen LogP contribution in [0.4, 0.5) is 36.4 Å². The zero-order valence-corrected chi connectivity index (χ0v) is 26.9. The van der Waals surface area contributed by atoms with Crippen LogP contribution in [-0.4, -0.2) is 80.6 Å². The van der Waals surface area contributed by atoms with Crippen molar-refractivity contribution < 1.29 is 55.6 Å². The SMILES string of the molecule is CN(C)CC1(O)CCN(c2c(F)c(F)c3c(=O)c(C(=O)O)cn(C4CC4)c3c2F)C1.O=C(O)c1cn(C2CC2)c2c(F)c(F)c(F)c(F)c2c1=O. The average Bonchev–Trinajstić information content (AvgIpc) is 3.99. The van der Waals surface area contributed by atoms with Gasteiger partial charge in [0, 0.05) is 44.1 Å². The molecule has 2 aromatic carbocycles. The molecule has 0 bridgehead atoms. The lowest BCUT2D eigenvalue weighted by Crippen LogP contribution is -2.42. The number of pyridine rings is 2. The van der Waals surface area contributed by atoms with E-state index in [1.807, 2.05) is 0 Å². The Morgan fingerprint density at radius 3 is 1.59 bits per heavy atom. The summed E-state index contributed by atoms with van der Waals surface area (Å²) in [6.45, 7) is 0.256. The fourth-order valence-corrected chi connectivity index (χ4v) is 6.58. The first-order valence-corrected chi connectivity index (χ1v) is 15.6. The second-order valence-electron chi connectivity index (χ2n) is 13.3. The maximum Gasteiger partial charge on any atom is 0.341 e. The topological polar surface area (TPSA) is 145 Å². The van der Waals surface area contributed by atoms with E-state index < -0.39 is 108 Å². The Morgan fingerprint density at radius 1 is 0.725 bits per heavy atom. The zero-order valence-electron chi connectivity index (χ0n) is 26.9. The van der Waals surface area contributed by atoms with Crippen LogP contribution in [0.25, 0.3) is 21.8 Å². The first kappa shape index (κ1) is 35.8. The molecule has 51 heavy (non-hydrogen) atoms. The molecule has 1 saturated heterocycles. The van der Waals surface area contributed by atoms with Gasteiger partial charge < -0.3 is 34.3 Å². The third-order valence-corrected chi connectivity index (χ3v) is 9.11. The quantitative estimate of drug-likeness (QED) is 0.142. The molecule has 18 heteroatoms. The lowest BCUT2D eigenvalue weighted by molar-refractivity contribution is 0.0365. The van der Waals surface area contributed by atoms with Crippen molar-refractivity contribution in [2.75, 3.05) is 38.6 Å². The Balaban J connectivity index is 0.000000187. The Hall–Kier alpha value is -4.97. The molecule has 7 rings (SSSR count). The Morgan fingerprint density at radius 2 is 1.16 bits per heavy atom. The van der Waals surface area contributed by atoms with E-state index in [1.165, 1.54) is 9.47 Å². The Bertz CT molecular complexity index is 2290. The minimum absolute atomic E-state index is 0.101. The molecular weight excluding hydrogens is 697 g/mol. The molecule has 3 heterocycles. The molecule has 11 nitrogen and oxygen atoms in total. The lowest BCUT2D eigenvalue weighted by Gasteiger charge is -2.28. The van der Waals surface area contributed by atoms with Crippen LogP contribution < -0.4 is 15.8 Å². The number of fused-ring (bicyclic) bond motifs is 2. The van der Waals surface area contributed by atoms with E-state index in [-0.39, 0.29) is 38.1 Å². The standard InChI is InChI=1S/C20H22F3N3O4.C13H7F4NO3/c1-24(2)8-20(30)5-6-25(9-20)17-14(22)13(21)12-16(15(17)23)26(10-3-4-10)7-11(18(12)27)19(28)29;14-7-6-11(10(17)9(16)8(7)15)18(4-1-2-4)3-5(12(6)19)13(20)21/h7,10,30H,3-6,8-9H2,1-2H3,(H,28,29);3-4H,1-2H2,(H,20,21). The van der Waals surface area contributed by atoms with Gasteiger partial charge in [-0.25, -0.2) is 40.3 Å². The van der Waals surface area contributed by atoms with Crippen LogP contribution >= 0.6 is 0 Å². The van der Waals surface area contributed by atoms with E-state index in [1.54, 1.807) is 19.0 Å². The Labute approximate surface area is 282 Å². The van der Waals surface area contributed by atoms with Crippen LogP contribution in [0.15, 0.2) is 22.0 Å². The van der Waals surface area contributed by atoms with Crippen LogP contribution in [0.5, 0.6) is 0 Å². The highest BCUT2D eigenvalue weighted by atomic mass is 19.2. The van der Waals surface area contributed by atoms with E-state index in [0.29, 0.717) is 25.7 Å². The number of rotatable bonds is 7. The third kappa shape index (κ3) is 6.09. The first-order valence-electron chi connectivity index (χ1n) is 15.6. The number of nitrogens with zero attached hydrogens (tertiary/aromatic N) is 4. The number of carboxylic acid groups (broad SMARTS) is 2. The number of aromatic nitrogens is 2. The summed E-state index contributed by atoms with van der Waals surface area (Å²) in [6, 6.07) is -0.660. The Kier molecular flexibility index (Phi) is 8.90. The van der Waals surface area contributed by atoms with Crippen LogP contribution in [-0.2, 0) is 0 Å². The molecule has 2 saturated carbocycles. The highest BCUT2D eigenvalue weighted by molar-refractivity contribution is 5.95. The van der Waals surface area contributed by atoms with E-state index in [4.69, 9.17) is 5.11 Å². The van der Waals surface area contributed by atoms with Crippen LogP contribution in [0, 0.1) is 40.7 Å². The summed E-state index contributed by atoms with van der Waals surface area (Å²) in [4.78, 5) is 49.8. The number of hydrogen-bond donors (Lipinski definition) is 3. The molecular formula is C33H29F7N4O7. The van der Waals surface area contributed by atoms with E-state index in [0.717, 1.165) is 17.0 Å². The number of halogens is 7. The van der Waals surface area contributed by atoms with Crippen LogP contribution in [0.1, 0.15) is 64.9 Å². The van der Waals surface area contributed by atoms with Gasteiger partial charge in [0.2, 0.25) is 10.9 Å². The van der Waals surface area contributed by atoms with E-state index in [2.05, 4.69) is 0 Å². The molecule has 3 N–H and O–H groups in total. The zero-order chi connectivity index (χ0) is 37.4. The maximum absolute atomic E-state index is 15.6. The number of benzene rings is 2. The summed E-state index contributed by atoms with van der Waals surface area (Å²) in [5, 5.41) is 26.9. The molecule has 4 aromatic rings. The normalized spacial score (nSPS) is 18.8. The van der Waals surface area contributed by atoms with Gasteiger partial charge in [0.15, 0.2) is 40.7 Å². The van der Waals surface area contributed by atoms with E-state index in [9.17, 15) is 51.3 Å². The number of aliphatic hydroxyl groups is 1. The smallest absolute Gasteiger partial charge is 0.341 e. The minimum atomic E-state index is -2.14. The number of β-amino-alcohol motifs (C(OH)–C–C–N with tert-alkyl or cyclic N) is 1. The summed E-state index contributed by atoms with van der Waals surface area (Å²) in [5.74, 6) is -15.3. The molecule has 1 atom stereocenters. The maximum atomic E-state index is 15.6. The summed E-state index contributed by atoms with van der Waals surface area (Å²) in [6.07, 6.45) is 4.37. The first-order chi connectivity index (χ1) is 23.9. The lowest BCUT2D eigenvalue weighted by atomic mass is 10.0. The van der Waals surface area contributed by atoms with Crippen molar-refractivity contribution in [2.45, 2.75) is 49.8 Å². The van der Waals surface area contributed by atoms with Gasteiger partial charge in [-0.15, -0.1) is 0 Å². The van der Waals surface area contributed by atoms with Gasteiger partial charge >= 0.3 is 11.9 Å². The van der Waals surface area contributed by atoms with Crippen molar-refractivity contribution in [3.05, 3.63) is 84.7 Å². The summed E-state index contributed by atoms with van der Waals surface area (Å²) < 4.78 is 102.